The first-order valence-electron chi connectivity index (χ1n) is 9.56. The van der Waals surface area contributed by atoms with Crippen LogP contribution in [0.3, 0.4) is 0 Å². The van der Waals surface area contributed by atoms with Gasteiger partial charge in [0.05, 0.1) is 10.6 Å². The number of nitrogens with one attached hydrogen (secondary N) is 1. The van der Waals surface area contributed by atoms with E-state index in [4.69, 9.17) is 17.3 Å². The summed E-state index contributed by atoms with van der Waals surface area (Å²) in [5.74, 6) is -1.46. The number of aromatic hydroxyl groups is 1. The fourth-order valence-electron chi connectivity index (χ4n) is 3.16. The van der Waals surface area contributed by atoms with Crippen molar-refractivity contribution in [1.29, 1.82) is 0 Å². The largest absolute Gasteiger partial charge is 0.505 e. The normalized spacial score (nSPS) is 11.0. The highest BCUT2D eigenvalue weighted by Gasteiger charge is 2.18. The van der Waals surface area contributed by atoms with E-state index in [1.165, 1.54) is 18.2 Å². The second-order valence-electron chi connectivity index (χ2n) is 6.89. The Balaban J connectivity index is 1.80. The molecule has 0 spiro atoms. The second-order valence-corrected chi connectivity index (χ2v) is 7.30. The number of hydrogen-bond acceptors (Lipinski definition) is 5. The zero-order valence-electron chi connectivity index (χ0n) is 16.6. The van der Waals surface area contributed by atoms with Gasteiger partial charge in [-0.1, -0.05) is 54.1 Å². The minimum absolute atomic E-state index is 0.0403. The number of halogens is 1. The van der Waals surface area contributed by atoms with Gasteiger partial charge in [-0.15, -0.1) is 10.2 Å². The lowest BCUT2D eigenvalue weighted by molar-refractivity contribution is 0.0997. The minimum Gasteiger partial charge on any atom is -0.505 e. The van der Waals surface area contributed by atoms with Crippen LogP contribution in [0, 0.1) is 0 Å². The van der Waals surface area contributed by atoms with Crippen LogP contribution in [0.15, 0.2) is 89.1 Å². The van der Waals surface area contributed by atoms with Gasteiger partial charge < -0.3 is 16.2 Å². The summed E-state index contributed by atoms with van der Waals surface area (Å²) in [7, 11) is 0. The van der Waals surface area contributed by atoms with E-state index in [0.717, 1.165) is 0 Å². The highest BCUT2D eigenvalue weighted by Crippen LogP contribution is 2.40. The molecule has 4 N–H and O–H groups in total. The van der Waals surface area contributed by atoms with Gasteiger partial charge in [0.1, 0.15) is 11.4 Å². The molecule has 0 unspecified atom stereocenters. The van der Waals surface area contributed by atoms with Gasteiger partial charge in [-0.2, -0.15) is 0 Å². The molecule has 0 aromatic heterocycles. The molecular weight excluding hydrogens is 428 g/mol. The minimum atomic E-state index is -0.633. The molecule has 4 aromatic carbocycles. The first kappa shape index (κ1) is 21.0. The number of azo groups is 1. The SMILES string of the molecule is NC(=O)c1ccc(Cl)c(N=Nc2c(O)c(C(=O)Nc3ccccc3)cc3ccccc23)c1. The van der Waals surface area contributed by atoms with Gasteiger partial charge in [-0.05, 0) is 41.8 Å². The number of rotatable bonds is 5. The lowest BCUT2D eigenvalue weighted by Gasteiger charge is -2.11. The van der Waals surface area contributed by atoms with E-state index < -0.39 is 11.8 Å². The van der Waals surface area contributed by atoms with Crippen molar-refractivity contribution in [2.75, 3.05) is 5.32 Å². The van der Waals surface area contributed by atoms with Gasteiger partial charge in [-0.25, -0.2) is 0 Å². The number of nitrogens with two attached hydrogens (primary N) is 1. The molecule has 0 aliphatic carbocycles. The van der Waals surface area contributed by atoms with Crippen molar-refractivity contribution >= 4 is 51.2 Å². The predicted octanol–water partition coefficient (Wildman–Crippen LogP) is 5.97. The van der Waals surface area contributed by atoms with Crippen molar-refractivity contribution in [3.63, 3.8) is 0 Å². The molecule has 158 valence electrons. The van der Waals surface area contributed by atoms with Crippen LogP contribution >= 0.6 is 11.6 Å². The molecule has 0 fully saturated rings. The average molecular weight is 445 g/mol. The molecule has 8 heteroatoms. The molecule has 4 rings (SSSR count). The van der Waals surface area contributed by atoms with Crippen LogP contribution in [0.1, 0.15) is 20.7 Å². The summed E-state index contributed by atoms with van der Waals surface area (Å²) >= 11 is 6.16. The van der Waals surface area contributed by atoms with E-state index in [2.05, 4.69) is 15.5 Å². The average Bonchev–Trinajstić information content (AvgIpc) is 2.79. The maximum atomic E-state index is 12.9. The number of phenolic OH excluding ortho intramolecular Hbond substituents is 1. The Morgan fingerprint density at radius 2 is 1.62 bits per heavy atom. The first-order chi connectivity index (χ1) is 15.4. The maximum absolute atomic E-state index is 12.9. The van der Waals surface area contributed by atoms with Gasteiger partial charge in [-0.3, -0.25) is 9.59 Å². The van der Waals surface area contributed by atoms with Crippen LogP contribution in [0.25, 0.3) is 10.8 Å². The molecule has 0 bridgehead atoms. The summed E-state index contributed by atoms with van der Waals surface area (Å²) in [6.07, 6.45) is 0. The number of phenols is 1. The number of amides is 2. The highest BCUT2D eigenvalue weighted by atomic mass is 35.5. The van der Waals surface area contributed by atoms with Crippen LogP contribution in [-0.2, 0) is 0 Å². The van der Waals surface area contributed by atoms with Crippen LogP contribution in [0.2, 0.25) is 5.02 Å². The third-order valence-electron chi connectivity index (χ3n) is 4.76. The lowest BCUT2D eigenvalue weighted by atomic mass is 10.0. The van der Waals surface area contributed by atoms with E-state index in [1.54, 1.807) is 48.5 Å². The Kier molecular flexibility index (Phi) is 5.83. The Morgan fingerprint density at radius 3 is 2.38 bits per heavy atom. The van der Waals surface area contributed by atoms with Gasteiger partial charge in [0, 0.05) is 16.6 Å². The Morgan fingerprint density at radius 1 is 0.906 bits per heavy atom. The number of hydrogen-bond donors (Lipinski definition) is 3. The summed E-state index contributed by atoms with van der Waals surface area (Å²) in [6.45, 7) is 0. The van der Waals surface area contributed by atoms with Crippen molar-refractivity contribution in [2.24, 2.45) is 16.0 Å². The summed E-state index contributed by atoms with van der Waals surface area (Å²) in [5.41, 5.74) is 6.46. The van der Waals surface area contributed by atoms with Crippen LogP contribution in [0.4, 0.5) is 17.1 Å². The molecule has 0 aliphatic heterocycles. The smallest absolute Gasteiger partial charge is 0.259 e. The van der Waals surface area contributed by atoms with Crippen molar-refractivity contribution in [2.45, 2.75) is 0 Å². The van der Waals surface area contributed by atoms with E-state index >= 15 is 0 Å². The summed E-state index contributed by atoms with van der Waals surface area (Å²) in [4.78, 5) is 24.3. The number of carbonyl (C=O) groups is 2. The third kappa shape index (κ3) is 4.28. The summed E-state index contributed by atoms with van der Waals surface area (Å²) in [6, 6.07) is 22.0. The molecule has 32 heavy (non-hydrogen) atoms. The topological polar surface area (TPSA) is 117 Å². The van der Waals surface area contributed by atoms with E-state index in [0.29, 0.717) is 16.5 Å². The van der Waals surface area contributed by atoms with Gasteiger partial charge in [0.25, 0.3) is 5.91 Å². The Hall–Kier alpha value is -4.23. The zero-order chi connectivity index (χ0) is 22.7. The summed E-state index contributed by atoms with van der Waals surface area (Å²) < 4.78 is 0. The van der Waals surface area contributed by atoms with Crippen LogP contribution < -0.4 is 11.1 Å². The molecule has 0 aliphatic rings. The predicted molar refractivity (Wildman–Crippen MR) is 124 cm³/mol. The quantitative estimate of drug-likeness (QED) is 0.329. The van der Waals surface area contributed by atoms with Crippen molar-refractivity contribution in [3.05, 3.63) is 95.0 Å². The monoisotopic (exact) mass is 444 g/mol. The van der Waals surface area contributed by atoms with E-state index in [-0.39, 0.29) is 33.3 Å². The van der Waals surface area contributed by atoms with Crippen LogP contribution in [0.5, 0.6) is 5.75 Å². The molecule has 0 radical (unpaired) electrons. The number of carbonyl (C=O) groups excluding carboxylic acids is 2. The Labute approximate surface area is 188 Å². The molecule has 0 saturated carbocycles. The zero-order valence-corrected chi connectivity index (χ0v) is 17.4. The molecule has 4 aromatic rings. The van der Waals surface area contributed by atoms with Crippen LogP contribution in [-0.4, -0.2) is 16.9 Å². The van der Waals surface area contributed by atoms with Crippen molar-refractivity contribution < 1.29 is 14.7 Å². The fourth-order valence-corrected chi connectivity index (χ4v) is 3.31. The number of nitrogens with zero attached hydrogens (tertiary/aromatic N) is 2. The van der Waals surface area contributed by atoms with E-state index in [1.807, 2.05) is 12.1 Å². The fraction of sp³-hybridized carbons (Fsp3) is 0. The lowest BCUT2D eigenvalue weighted by Crippen LogP contribution is -2.12. The summed E-state index contributed by atoms with van der Waals surface area (Å²) in [5, 5.41) is 23.5. The van der Waals surface area contributed by atoms with Crippen molar-refractivity contribution in [3.8, 4) is 5.75 Å². The second kappa shape index (κ2) is 8.87. The first-order valence-corrected chi connectivity index (χ1v) is 9.94. The number of fused-ring (bicyclic) bond motifs is 1. The van der Waals surface area contributed by atoms with Gasteiger partial charge >= 0.3 is 0 Å². The number of anilines is 1. The van der Waals surface area contributed by atoms with Gasteiger partial charge in [0.15, 0.2) is 5.75 Å². The molecule has 0 heterocycles. The number of benzene rings is 4. The third-order valence-corrected chi connectivity index (χ3v) is 5.08. The number of primary amides is 1. The number of para-hydroxylation sites is 1. The molecule has 0 saturated heterocycles. The highest BCUT2D eigenvalue weighted by molar-refractivity contribution is 6.33. The molecular formula is C24H17ClN4O3. The van der Waals surface area contributed by atoms with Crippen molar-refractivity contribution in [1.82, 2.24) is 0 Å². The molecule has 2 amide bonds. The van der Waals surface area contributed by atoms with Gasteiger partial charge in [0.2, 0.25) is 5.91 Å². The standard InChI is InChI=1S/C24H17ClN4O3/c25-19-11-10-15(23(26)31)13-20(19)28-29-21-17-9-5-4-6-14(17)12-18(22(21)30)24(32)27-16-7-2-1-3-8-16/h1-13,30H,(H2,26,31)(H,27,32). The molecule has 7 nitrogen and oxygen atoms in total. The maximum Gasteiger partial charge on any atom is 0.259 e. The van der Waals surface area contributed by atoms with E-state index in [9.17, 15) is 14.7 Å². The Bertz CT molecular complexity index is 1370. The molecule has 0 atom stereocenters.